The molecule has 3 fully saturated rings. The lowest BCUT2D eigenvalue weighted by Crippen LogP contribution is -2.38. The molecule has 58 valence electrons. The lowest BCUT2D eigenvalue weighted by Gasteiger charge is -2.23. The van der Waals surface area contributed by atoms with Crippen LogP contribution in [0.15, 0.2) is 0 Å². The van der Waals surface area contributed by atoms with Crippen LogP contribution in [0.3, 0.4) is 0 Å². The molecule has 0 aromatic carbocycles. The molecule has 2 bridgehead atoms. The highest BCUT2D eigenvalue weighted by Gasteiger charge is 2.26. The predicted molar refractivity (Wildman–Crippen MR) is 42.0 cm³/mol. The Bertz CT molecular complexity index is 102. The van der Waals surface area contributed by atoms with Gasteiger partial charge in [0.25, 0.3) is 0 Å². The molecule has 0 radical (unpaired) electrons. The van der Waals surface area contributed by atoms with Crippen molar-refractivity contribution in [3.63, 3.8) is 0 Å². The summed E-state index contributed by atoms with van der Waals surface area (Å²) in [6, 6.07) is 0.795. The van der Waals surface area contributed by atoms with E-state index in [2.05, 4.69) is 17.3 Å². The van der Waals surface area contributed by atoms with Gasteiger partial charge in [-0.05, 0) is 32.4 Å². The van der Waals surface area contributed by atoms with Crippen molar-refractivity contribution < 1.29 is 0 Å². The summed E-state index contributed by atoms with van der Waals surface area (Å²) in [4.78, 5) is 2.46. The van der Waals surface area contributed by atoms with E-state index in [0.29, 0.717) is 0 Å². The van der Waals surface area contributed by atoms with E-state index in [1.165, 1.54) is 32.5 Å². The number of fused-ring (bicyclic) bond motifs is 4. The van der Waals surface area contributed by atoms with E-state index in [-0.39, 0.29) is 0 Å². The Morgan fingerprint density at radius 2 is 2.20 bits per heavy atom. The van der Waals surface area contributed by atoms with Crippen LogP contribution in [0.1, 0.15) is 12.8 Å². The highest BCUT2D eigenvalue weighted by molar-refractivity contribution is 4.85. The first-order valence-corrected chi connectivity index (χ1v) is 4.26. The molecule has 0 amide bonds. The fraction of sp³-hybridized carbons (Fsp3) is 1.00. The standard InChI is InChI=1S/C8H16N2/c1-10-5-7-2-3-8(6-10)9-4-7/h7-9H,2-6H2,1H3. The highest BCUT2D eigenvalue weighted by Crippen LogP contribution is 2.19. The fourth-order valence-electron chi connectivity index (χ4n) is 2.18. The largest absolute Gasteiger partial charge is 0.312 e. The number of nitrogens with one attached hydrogen (secondary N) is 1. The third kappa shape index (κ3) is 1.18. The van der Waals surface area contributed by atoms with Gasteiger partial charge in [-0.25, -0.2) is 0 Å². The summed E-state index contributed by atoms with van der Waals surface area (Å²) >= 11 is 0. The third-order valence-corrected chi connectivity index (χ3v) is 2.72. The van der Waals surface area contributed by atoms with Crippen molar-refractivity contribution >= 4 is 0 Å². The van der Waals surface area contributed by atoms with E-state index in [0.717, 1.165) is 12.0 Å². The number of rotatable bonds is 0. The van der Waals surface area contributed by atoms with Gasteiger partial charge in [0.05, 0.1) is 0 Å². The molecule has 0 aromatic heterocycles. The summed E-state index contributed by atoms with van der Waals surface area (Å²) in [7, 11) is 2.23. The number of hydrogen-bond donors (Lipinski definition) is 1. The van der Waals surface area contributed by atoms with Crippen LogP contribution in [-0.2, 0) is 0 Å². The topological polar surface area (TPSA) is 15.3 Å². The van der Waals surface area contributed by atoms with Crippen LogP contribution in [0, 0.1) is 5.92 Å². The summed E-state index contributed by atoms with van der Waals surface area (Å²) in [6.07, 6.45) is 2.84. The number of likely N-dealkylation sites (N-methyl/N-ethyl adjacent to an activating group) is 1. The normalized spacial score (nSPS) is 41.7. The van der Waals surface area contributed by atoms with E-state index < -0.39 is 0 Å². The van der Waals surface area contributed by atoms with Gasteiger partial charge in [-0.1, -0.05) is 0 Å². The molecule has 10 heavy (non-hydrogen) atoms. The van der Waals surface area contributed by atoms with Crippen molar-refractivity contribution in [1.82, 2.24) is 10.2 Å². The zero-order valence-corrected chi connectivity index (χ0v) is 6.64. The Morgan fingerprint density at radius 1 is 1.30 bits per heavy atom. The minimum Gasteiger partial charge on any atom is -0.312 e. The second-order valence-corrected chi connectivity index (χ2v) is 3.77. The molecule has 0 spiro atoms. The Balaban J connectivity index is 2.05. The summed E-state index contributed by atoms with van der Waals surface area (Å²) in [5.41, 5.74) is 0. The van der Waals surface area contributed by atoms with Crippen molar-refractivity contribution in [1.29, 1.82) is 0 Å². The average Bonchev–Trinajstić information content (AvgIpc) is 2.17. The summed E-state index contributed by atoms with van der Waals surface area (Å²) in [5.74, 6) is 0.934. The Labute approximate surface area is 62.6 Å². The van der Waals surface area contributed by atoms with E-state index in [9.17, 15) is 0 Å². The van der Waals surface area contributed by atoms with Gasteiger partial charge in [0, 0.05) is 19.1 Å². The summed E-state index contributed by atoms with van der Waals surface area (Å²) < 4.78 is 0. The maximum absolute atomic E-state index is 3.57. The molecule has 2 heteroatoms. The molecule has 0 aromatic rings. The Morgan fingerprint density at radius 3 is 2.90 bits per heavy atom. The first-order valence-electron chi connectivity index (χ1n) is 4.26. The molecule has 3 aliphatic heterocycles. The first kappa shape index (κ1) is 6.62. The number of hydrogen-bond acceptors (Lipinski definition) is 2. The fourth-order valence-corrected chi connectivity index (χ4v) is 2.18. The summed E-state index contributed by atoms with van der Waals surface area (Å²) in [6.45, 7) is 3.83. The molecule has 2 unspecified atom stereocenters. The lowest BCUT2D eigenvalue weighted by atomic mass is 9.97. The molecule has 1 N–H and O–H groups in total. The Hall–Kier alpha value is -0.0800. The molecule has 3 heterocycles. The van der Waals surface area contributed by atoms with Crippen LogP contribution in [0.5, 0.6) is 0 Å². The van der Waals surface area contributed by atoms with Crippen molar-refractivity contribution in [2.45, 2.75) is 18.9 Å². The van der Waals surface area contributed by atoms with Crippen molar-refractivity contribution in [3.8, 4) is 0 Å². The second kappa shape index (κ2) is 2.51. The average molecular weight is 140 g/mol. The van der Waals surface area contributed by atoms with Crippen molar-refractivity contribution in [2.24, 2.45) is 5.92 Å². The van der Waals surface area contributed by atoms with E-state index in [1.807, 2.05) is 0 Å². The van der Waals surface area contributed by atoms with Gasteiger partial charge < -0.3 is 10.2 Å². The quantitative estimate of drug-likeness (QED) is 0.520. The molecule has 3 aliphatic rings. The van der Waals surface area contributed by atoms with E-state index in [1.54, 1.807) is 0 Å². The number of nitrogens with zero attached hydrogens (tertiary/aromatic N) is 1. The van der Waals surface area contributed by atoms with Crippen LogP contribution >= 0.6 is 0 Å². The van der Waals surface area contributed by atoms with Crippen molar-refractivity contribution in [3.05, 3.63) is 0 Å². The highest BCUT2D eigenvalue weighted by atomic mass is 15.2. The van der Waals surface area contributed by atoms with Gasteiger partial charge in [-0.15, -0.1) is 0 Å². The van der Waals surface area contributed by atoms with Gasteiger partial charge in [0.1, 0.15) is 0 Å². The molecule has 0 aliphatic carbocycles. The van der Waals surface area contributed by atoms with Crippen LogP contribution in [-0.4, -0.2) is 37.6 Å². The molecular weight excluding hydrogens is 124 g/mol. The lowest BCUT2D eigenvalue weighted by molar-refractivity contribution is 0.320. The molecule has 3 saturated heterocycles. The van der Waals surface area contributed by atoms with Crippen LogP contribution in [0.2, 0.25) is 0 Å². The Kier molecular flexibility index (Phi) is 1.66. The third-order valence-electron chi connectivity index (χ3n) is 2.72. The zero-order valence-electron chi connectivity index (χ0n) is 6.64. The minimum absolute atomic E-state index is 0.795. The van der Waals surface area contributed by atoms with Gasteiger partial charge in [0.2, 0.25) is 0 Å². The minimum atomic E-state index is 0.795. The predicted octanol–water partition coefficient (Wildman–Crippen LogP) is 0.300. The van der Waals surface area contributed by atoms with Crippen molar-refractivity contribution in [2.75, 3.05) is 26.7 Å². The van der Waals surface area contributed by atoms with E-state index in [4.69, 9.17) is 0 Å². The summed E-state index contributed by atoms with van der Waals surface area (Å²) in [5, 5.41) is 3.57. The van der Waals surface area contributed by atoms with Gasteiger partial charge in [-0.3, -0.25) is 0 Å². The van der Waals surface area contributed by atoms with Gasteiger partial charge in [0.15, 0.2) is 0 Å². The molecule has 3 rings (SSSR count). The van der Waals surface area contributed by atoms with Crippen LogP contribution < -0.4 is 5.32 Å². The van der Waals surface area contributed by atoms with Crippen LogP contribution in [0.25, 0.3) is 0 Å². The van der Waals surface area contributed by atoms with E-state index >= 15 is 0 Å². The molecule has 2 atom stereocenters. The zero-order chi connectivity index (χ0) is 6.97. The molecule has 0 saturated carbocycles. The smallest absolute Gasteiger partial charge is 0.0195 e. The maximum atomic E-state index is 3.57. The second-order valence-electron chi connectivity index (χ2n) is 3.77. The molecule has 2 nitrogen and oxygen atoms in total. The van der Waals surface area contributed by atoms with Gasteiger partial charge in [-0.2, -0.15) is 0 Å². The maximum Gasteiger partial charge on any atom is 0.0195 e. The number of piperidine rings is 1. The first-order chi connectivity index (χ1) is 4.84. The van der Waals surface area contributed by atoms with Gasteiger partial charge >= 0.3 is 0 Å². The van der Waals surface area contributed by atoms with Crippen LogP contribution in [0.4, 0.5) is 0 Å². The molecular formula is C8H16N2. The monoisotopic (exact) mass is 140 g/mol. The SMILES string of the molecule is CN1CC2CCC(C1)NC2.